The normalized spacial score (nSPS) is 10.8. The van der Waals surface area contributed by atoms with Crippen LogP contribution in [0.15, 0.2) is 90.2 Å². The second kappa shape index (κ2) is 10.8. The number of benzene rings is 2. The highest BCUT2D eigenvalue weighted by atomic mass is 16.1. The molecule has 0 aliphatic heterocycles. The van der Waals surface area contributed by atoms with E-state index in [9.17, 15) is 10.1 Å². The van der Waals surface area contributed by atoms with Crippen molar-refractivity contribution in [3.8, 4) is 39.8 Å². The van der Waals surface area contributed by atoms with Crippen molar-refractivity contribution in [3.63, 3.8) is 0 Å². The Bertz CT molecular complexity index is 1630. The zero-order valence-corrected chi connectivity index (χ0v) is 20.5. The molecule has 0 N–H and O–H groups in total. The van der Waals surface area contributed by atoms with Crippen LogP contribution in [0, 0.1) is 11.3 Å². The summed E-state index contributed by atoms with van der Waals surface area (Å²) in [5, 5.41) is 18.1. The minimum absolute atomic E-state index is 0.203. The van der Waals surface area contributed by atoms with Crippen molar-refractivity contribution in [2.75, 3.05) is 0 Å². The van der Waals surface area contributed by atoms with Crippen LogP contribution in [0.2, 0.25) is 0 Å². The number of aromatic nitrogens is 6. The van der Waals surface area contributed by atoms with Crippen molar-refractivity contribution in [1.82, 2.24) is 29.5 Å². The quantitative estimate of drug-likeness (QED) is 0.307. The molecule has 0 aliphatic rings. The third-order valence-corrected chi connectivity index (χ3v) is 6.03. The molecular weight excluding hydrogens is 462 g/mol. The summed E-state index contributed by atoms with van der Waals surface area (Å²) in [6, 6.07) is 20.3. The van der Waals surface area contributed by atoms with Crippen molar-refractivity contribution in [2.24, 2.45) is 0 Å². The number of nitriles is 1. The van der Waals surface area contributed by atoms with Gasteiger partial charge in [0.1, 0.15) is 0 Å². The number of hydrogen-bond donors (Lipinski definition) is 0. The summed E-state index contributed by atoms with van der Waals surface area (Å²) in [6.07, 6.45) is 9.68. The summed E-state index contributed by atoms with van der Waals surface area (Å²) in [6.45, 7) is 3.36. The fourth-order valence-corrected chi connectivity index (χ4v) is 4.03. The first-order chi connectivity index (χ1) is 18.1. The maximum atomic E-state index is 12.5. The van der Waals surface area contributed by atoms with Crippen LogP contribution in [0.25, 0.3) is 33.8 Å². The predicted octanol–water partition coefficient (Wildman–Crippen LogP) is 4.95. The van der Waals surface area contributed by atoms with E-state index >= 15 is 0 Å². The van der Waals surface area contributed by atoms with Gasteiger partial charge in [0.2, 0.25) is 0 Å². The van der Waals surface area contributed by atoms with Gasteiger partial charge in [-0.3, -0.25) is 9.48 Å². The highest BCUT2D eigenvalue weighted by Gasteiger charge is 2.09. The molecule has 37 heavy (non-hydrogen) atoms. The maximum absolute atomic E-state index is 12.5. The summed E-state index contributed by atoms with van der Waals surface area (Å²) in [7, 11) is 0. The Labute approximate surface area is 214 Å². The first-order valence-electron chi connectivity index (χ1n) is 12.2. The summed E-state index contributed by atoms with van der Waals surface area (Å²) in [5.41, 5.74) is 5.41. The molecule has 0 spiro atoms. The lowest BCUT2D eigenvalue weighted by molar-refractivity contribution is 0.572. The van der Waals surface area contributed by atoms with Gasteiger partial charge in [-0.25, -0.2) is 14.6 Å². The molecule has 3 heterocycles. The Kier molecular flexibility index (Phi) is 6.95. The van der Waals surface area contributed by atoms with Crippen LogP contribution < -0.4 is 5.56 Å². The van der Waals surface area contributed by atoms with Crippen molar-refractivity contribution in [2.45, 2.75) is 32.9 Å². The molecule has 8 heteroatoms. The summed E-state index contributed by atoms with van der Waals surface area (Å²) >= 11 is 0. The molecule has 5 aromatic rings. The standard InChI is InChI=1S/C29H25N7O/c1-2-3-12-35-20-26(18-33-35)25-16-31-29(32-17-25)24-9-5-7-22(14-24)19-36-28(37)11-10-27(34-36)23-8-4-6-21(13-23)15-30/h4-11,13-14,16-18,20H,2-3,12,19H2,1H3. The number of nitrogens with zero attached hydrogens (tertiary/aromatic N) is 7. The lowest BCUT2D eigenvalue weighted by Crippen LogP contribution is -2.22. The first-order valence-corrected chi connectivity index (χ1v) is 12.2. The molecule has 0 saturated heterocycles. The Morgan fingerprint density at radius 3 is 2.51 bits per heavy atom. The zero-order valence-electron chi connectivity index (χ0n) is 20.5. The van der Waals surface area contributed by atoms with Crippen molar-refractivity contribution in [1.29, 1.82) is 5.26 Å². The van der Waals surface area contributed by atoms with Gasteiger partial charge in [-0.2, -0.15) is 15.5 Å². The van der Waals surface area contributed by atoms with Crippen molar-refractivity contribution >= 4 is 0 Å². The van der Waals surface area contributed by atoms with Crippen molar-refractivity contribution in [3.05, 3.63) is 107 Å². The van der Waals surface area contributed by atoms with E-state index in [2.05, 4.69) is 33.2 Å². The molecule has 0 atom stereocenters. The van der Waals surface area contributed by atoms with Crippen LogP contribution in [0.1, 0.15) is 30.9 Å². The lowest BCUT2D eigenvalue weighted by atomic mass is 10.1. The monoisotopic (exact) mass is 487 g/mol. The molecule has 5 rings (SSSR count). The van der Waals surface area contributed by atoms with Crippen LogP contribution in [-0.4, -0.2) is 29.5 Å². The van der Waals surface area contributed by atoms with E-state index in [1.165, 1.54) is 10.7 Å². The van der Waals surface area contributed by atoms with E-state index in [0.717, 1.165) is 47.2 Å². The molecule has 3 aromatic heterocycles. The topological polar surface area (TPSA) is 102 Å². The van der Waals surface area contributed by atoms with Gasteiger partial charge in [0.15, 0.2) is 5.82 Å². The molecule has 2 aromatic carbocycles. The molecule has 0 bridgehead atoms. The van der Waals surface area contributed by atoms with E-state index < -0.39 is 0 Å². The van der Waals surface area contributed by atoms with E-state index in [-0.39, 0.29) is 5.56 Å². The van der Waals surface area contributed by atoms with E-state index in [4.69, 9.17) is 0 Å². The SMILES string of the molecule is CCCCn1cc(-c2cnc(-c3cccc(Cn4nc(-c5cccc(C#N)c5)ccc4=O)c3)nc2)cn1. The molecule has 0 unspecified atom stereocenters. The zero-order chi connectivity index (χ0) is 25.6. The van der Waals surface area contributed by atoms with Crippen LogP contribution in [0.4, 0.5) is 0 Å². The van der Waals surface area contributed by atoms with Gasteiger partial charge in [0.05, 0.1) is 30.1 Å². The minimum Gasteiger partial charge on any atom is -0.272 e. The molecule has 0 radical (unpaired) electrons. The van der Waals surface area contributed by atoms with Gasteiger partial charge >= 0.3 is 0 Å². The van der Waals surface area contributed by atoms with Crippen LogP contribution in [0.5, 0.6) is 0 Å². The van der Waals surface area contributed by atoms with Gasteiger partial charge in [0, 0.05) is 53.5 Å². The molecule has 0 amide bonds. The Morgan fingerprint density at radius 2 is 1.70 bits per heavy atom. The number of hydrogen-bond acceptors (Lipinski definition) is 6. The fourth-order valence-electron chi connectivity index (χ4n) is 4.03. The van der Waals surface area contributed by atoms with Crippen LogP contribution in [0.3, 0.4) is 0 Å². The predicted molar refractivity (Wildman–Crippen MR) is 141 cm³/mol. The van der Waals surface area contributed by atoms with Gasteiger partial charge in [-0.15, -0.1) is 0 Å². The Morgan fingerprint density at radius 1 is 0.892 bits per heavy atom. The molecular formula is C29H25N7O. The van der Waals surface area contributed by atoms with Crippen molar-refractivity contribution < 1.29 is 0 Å². The van der Waals surface area contributed by atoms with Gasteiger partial charge in [0.25, 0.3) is 5.56 Å². The van der Waals surface area contributed by atoms with E-state index in [0.29, 0.717) is 23.6 Å². The third kappa shape index (κ3) is 5.52. The minimum atomic E-state index is -0.203. The molecule has 182 valence electrons. The van der Waals surface area contributed by atoms with Crippen LogP contribution in [-0.2, 0) is 13.1 Å². The highest BCUT2D eigenvalue weighted by molar-refractivity contribution is 5.63. The average molecular weight is 488 g/mol. The number of unbranched alkanes of at least 4 members (excludes halogenated alkanes) is 1. The van der Waals surface area contributed by atoms with Gasteiger partial charge in [-0.1, -0.05) is 43.7 Å². The van der Waals surface area contributed by atoms with E-state index in [1.807, 2.05) is 47.4 Å². The largest absolute Gasteiger partial charge is 0.272 e. The van der Waals surface area contributed by atoms with Gasteiger partial charge in [-0.05, 0) is 36.2 Å². The summed E-state index contributed by atoms with van der Waals surface area (Å²) in [5.74, 6) is 0.603. The summed E-state index contributed by atoms with van der Waals surface area (Å²) < 4.78 is 3.37. The number of aryl methyl sites for hydroxylation is 1. The second-order valence-electron chi connectivity index (χ2n) is 8.75. The number of rotatable bonds is 8. The third-order valence-electron chi connectivity index (χ3n) is 6.03. The Balaban J connectivity index is 1.36. The van der Waals surface area contributed by atoms with Crippen LogP contribution >= 0.6 is 0 Å². The molecule has 8 nitrogen and oxygen atoms in total. The highest BCUT2D eigenvalue weighted by Crippen LogP contribution is 2.22. The fraction of sp³-hybridized carbons (Fsp3) is 0.172. The second-order valence-corrected chi connectivity index (χ2v) is 8.75. The molecule has 0 saturated carbocycles. The molecule has 0 fully saturated rings. The lowest BCUT2D eigenvalue weighted by Gasteiger charge is -2.09. The first kappa shape index (κ1) is 23.8. The van der Waals surface area contributed by atoms with E-state index in [1.54, 1.807) is 36.7 Å². The maximum Gasteiger partial charge on any atom is 0.267 e. The summed E-state index contributed by atoms with van der Waals surface area (Å²) in [4.78, 5) is 21.7. The van der Waals surface area contributed by atoms with Gasteiger partial charge < -0.3 is 0 Å². The smallest absolute Gasteiger partial charge is 0.267 e. The Hall–Kier alpha value is -4.90. The molecule has 0 aliphatic carbocycles. The average Bonchev–Trinajstić information content (AvgIpc) is 3.42.